The zero-order chi connectivity index (χ0) is 11.7. The second-order valence-electron chi connectivity index (χ2n) is 3.79. The van der Waals surface area contributed by atoms with Crippen LogP contribution in [-0.4, -0.2) is 20.5 Å². The van der Waals surface area contributed by atoms with Gasteiger partial charge in [0.2, 0.25) is 0 Å². The van der Waals surface area contributed by atoms with Gasteiger partial charge in [-0.05, 0) is 19.1 Å². The van der Waals surface area contributed by atoms with E-state index in [2.05, 4.69) is 4.98 Å². The molecule has 0 unspecified atom stereocenters. The van der Waals surface area contributed by atoms with Crippen LogP contribution in [-0.2, 0) is 17.6 Å². The molecule has 4 heteroatoms. The maximum absolute atomic E-state index is 10.7. The number of hydrogen-bond acceptors (Lipinski definition) is 2. The fourth-order valence-electron chi connectivity index (χ4n) is 1.96. The van der Waals surface area contributed by atoms with Crippen LogP contribution in [0.15, 0.2) is 18.2 Å². The topological polar surface area (TPSA) is 54.6 Å². The Morgan fingerprint density at radius 2 is 2.25 bits per heavy atom. The lowest BCUT2D eigenvalue weighted by Gasteiger charge is -2.02. The lowest BCUT2D eigenvalue weighted by Crippen LogP contribution is -2.00. The van der Waals surface area contributed by atoms with Crippen LogP contribution in [0.3, 0.4) is 0 Å². The summed E-state index contributed by atoms with van der Waals surface area (Å²) in [5.74, 6) is 0.0773. The maximum Gasteiger partial charge on any atom is 0.309 e. The van der Waals surface area contributed by atoms with E-state index >= 15 is 0 Å². The van der Waals surface area contributed by atoms with Crippen LogP contribution in [0.4, 0.5) is 0 Å². The number of nitrogens with zero attached hydrogens (tertiary/aromatic N) is 2. The molecule has 2 heterocycles. The van der Waals surface area contributed by atoms with Crippen molar-refractivity contribution in [3.05, 3.63) is 35.4 Å². The van der Waals surface area contributed by atoms with Crippen molar-refractivity contribution in [1.82, 2.24) is 9.38 Å². The van der Waals surface area contributed by atoms with Crippen LogP contribution in [0.5, 0.6) is 0 Å². The molecule has 0 aliphatic heterocycles. The Morgan fingerprint density at radius 1 is 1.50 bits per heavy atom. The lowest BCUT2D eigenvalue weighted by molar-refractivity contribution is -0.136. The number of carboxylic acids is 1. The molecule has 0 aromatic carbocycles. The minimum absolute atomic E-state index is 0.0209. The fraction of sp³-hybridized carbons (Fsp3) is 0.333. The van der Waals surface area contributed by atoms with Gasteiger partial charge in [0.1, 0.15) is 5.82 Å². The van der Waals surface area contributed by atoms with E-state index in [0.717, 1.165) is 23.5 Å². The van der Waals surface area contributed by atoms with Crippen molar-refractivity contribution in [2.45, 2.75) is 26.7 Å². The molecule has 0 aliphatic rings. The van der Waals surface area contributed by atoms with Gasteiger partial charge in [-0.2, -0.15) is 0 Å². The summed E-state index contributed by atoms with van der Waals surface area (Å²) in [6, 6.07) is 5.84. The molecule has 0 aliphatic carbocycles. The summed E-state index contributed by atoms with van der Waals surface area (Å²) in [7, 11) is 0. The van der Waals surface area contributed by atoms with Crippen LogP contribution in [0.2, 0.25) is 0 Å². The summed E-state index contributed by atoms with van der Waals surface area (Å²) in [6.45, 7) is 4.02. The van der Waals surface area contributed by atoms with Gasteiger partial charge >= 0.3 is 5.97 Å². The van der Waals surface area contributed by atoms with E-state index in [1.165, 1.54) is 0 Å². The number of carbonyl (C=O) groups is 1. The summed E-state index contributed by atoms with van der Waals surface area (Å²) in [6.07, 6.45) is 0.776. The molecule has 0 saturated heterocycles. The van der Waals surface area contributed by atoms with E-state index in [1.807, 2.05) is 36.4 Å². The van der Waals surface area contributed by atoms with Gasteiger partial charge in [-0.1, -0.05) is 13.0 Å². The molecule has 0 spiro atoms. The summed E-state index contributed by atoms with van der Waals surface area (Å²) >= 11 is 0. The second kappa shape index (κ2) is 3.96. The summed E-state index contributed by atoms with van der Waals surface area (Å²) in [5, 5.41) is 8.83. The molecule has 0 amide bonds. The first-order valence-electron chi connectivity index (χ1n) is 5.31. The number of hydrogen-bond donors (Lipinski definition) is 1. The van der Waals surface area contributed by atoms with Crippen LogP contribution >= 0.6 is 0 Å². The Labute approximate surface area is 93.5 Å². The van der Waals surface area contributed by atoms with Crippen molar-refractivity contribution >= 4 is 11.5 Å². The molecule has 16 heavy (non-hydrogen) atoms. The average Bonchev–Trinajstić information content (AvgIpc) is 2.57. The minimum atomic E-state index is -0.843. The third kappa shape index (κ3) is 1.66. The highest BCUT2D eigenvalue weighted by Gasteiger charge is 2.13. The van der Waals surface area contributed by atoms with Gasteiger partial charge in [0.15, 0.2) is 0 Å². The zero-order valence-electron chi connectivity index (χ0n) is 9.40. The van der Waals surface area contributed by atoms with Gasteiger partial charge in [-0.3, -0.25) is 4.79 Å². The molecule has 0 saturated carbocycles. The van der Waals surface area contributed by atoms with Gasteiger partial charge < -0.3 is 9.51 Å². The Hall–Kier alpha value is -1.84. The van der Waals surface area contributed by atoms with Crippen molar-refractivity contribution in [3.8, 4) is 0 Å². The molecular formula is C12H14N2O2. The minimum Gasteiger partial charge on any atom is -0.481 e. The Kier molecular flexibility index (Phi) is 2.64. The van der Waals surface area contributed by atoms with Gasteiger partial charge in [0, 0.05) is 12.1 Å². The number of carboxylic acid groups (broad SMARTS) is 1. The highest BCUT2D eigenvalue weighted by Crippen LogP contribution is 2.16. The number of rotatable bonds is 3. The van der Waals surface area contributed by atoms with E-state index in [-0.39, 0.29) is 6.42 Å². The first kappa shape index (κ1) is 10.7. The summed E-state index contributed by atoms with van der Waals surface area (Å²) < 4.78 is 2.03. The molecular weight excluding hydrogens is 204 g/mol. The van der Waals surface area contributed by atoms with E-state index in [0.29, 0.717) is 5.69 Å². The van der Waals surface area contributed by atoms with Gasteiger partial charge in [0.05, 0.1) is 17.6 Å². The van der Waals surface area contributed by atoms with Crippen LogP contribution in [0.25, 0.3) is 5.52 Å². The van der Waals surface area contributed by atoms with E-state index < -0.39 is 5.97 Å². The van der Waals surface area contributed by atoms with Crippen molar-refractivity contribution in [3.63, 3.8) is 0 Å². The number of aliphatic carboxylic acids is 1. The van der Waals surface area contributed by atoms with Crippen LogP contribution in [0.1, 0.15) is 24.1 Å². The molecule has 0 fully saturated rings. The van der Waals surface area contributed by atoms with Gasteiger partial charge in [-0.15, -0.1) is 0 Å². The molecule has 4 nitrogen and oxygen atoms in total. The number of aromatic nitrogens is 2. The van der Waals surface area contributed by atoms with Crippen molar-refractivity contribution in [2.75, 3.05) is 0 Å². The lowest BCUT2D eigenvalue weighted by atomic mass is 10.2. The molecule has 2 aromatic rings. The SMILES string of the molecule is CCc1nc(CC(=O)O)c2cccc(C)n12. The van der Waals surface area contributed by atoms with E-state index in [1.54, 1.807) is 0 Å². The third-order valence-corrected chi connectivity index (χ3v) is 2.64. The highest BCUT2D eigenvalue weighted by atomic mass is 16.4. The van der Waals surface area contributed by atoms with E-state index in [9.17, 15) is 4.79 Å². The molecule has 2 rings (SSSR count). The Bertz CT molecular complexity index is 543. The van der Waals surface area contributed by atoms with Crippen LogP contribution < -0.4 is 0 Å². The average molecular weight is 218 g/mol. The number of fused-ring (bicyclic) bond motifs is 1. The first-order valence-corrected chi connectivity index (χ1v) is 5.31. The molecule has 0 bridgehead atoms. The van der Waals surface area contributed by atoms with Crippen molar-refractivity contribution in [1.29, 1.82) is 0 Å². The molecule has 2 aromatic heterocycles. The fourth-order valence-corrected chi connectivity index (χ4v) is 1.96. The highest BCUT2D eigenvalue weighted by molar-refractivity contribution is 5.73. The molecule has 0 atom stereocenters. The zero-order valence-corrected chi connectivity index (χ0v) is 9.40. The Balaban J connectivity index is 2.68. The van der Waals surface area contributed by atoms with Crippen molar-refractivity contribution < 1.29 is 9.90 Å². The Morgan fingerprint density at radius 3 is 2.88 bits per heavy atom. The number of pyridine rings is 1. The van der Waals surface area contributed by atoms with Crippen molar-refractivity contribution in [2.24, 2.45) is 0 Å². The maximum atomic E-state index is 10.7. The monoisotopic (exact) mass is 218 g/mol. The molecule has 0 radical (unpaired) electrons. The molecule has 84 valence electrons. The summed E-state index contributed by atoms with van der Waals surface area (Å²) in [5.41, 5.74) is 2.63. The smallest absolute Gasteiger partial charge is 0.309 e. The summed E-state index contributed by atoms with van der Waals surface area (Å²) in [4.78, 5) is 15.1. The standard InChI is InChI=1S/C12H14N2O2/c1-3-11-13-9(7-12(15)16)10-6-4-5-8(2)14(10)11/h4-6H,3,7H2,1-2H3,(H,15,16). The third-order valence-electron chi connectivity index (χ3n) is 2.64. The molecule has 1 N–H and O–H groups in total. The normalized spacial score (nSPS) is 10.9. The van der Waals surface area contributed by atoms with Crippen LogP contribution in [0, 0.1) is 6.92 Å². The quantitative estimate of drug-likeness (QED) is 0.855. The first-order chi connectivity index (χ1) is 7.63. The predicted molar refractivity (Wildman–Crippen MR) is 60.6 cm³/mol. The second-order valence-corrected chi connectivity index (χ2v) is 3.79. The largest absolute Gasteiger partial charge is 0.481 e. The van der Waals surface area contributed by atoms with Gasteiger partial charge in [-0.25, -0.2) is 4.98 Å². The number of aryl methyl sites for hydroxylation is 2. The van der Waals surface area contributed by atoms with Gasteiger partial charge in [0.25, 0.3) is 0 Å². The predicted octanol–water partition coefficient (Wildman–Crippen LogP) is 1.83. The van der Waals surface area contributed by atoms with E-state index in [4.69, 9.17) is 5.11 Å². The number of imidazole rings is 1.